The van der Waals surface area contributed by atoms with E-state index in [1.165, 1.54) is 0 Å². The summed E-state index contributed by atoms with van der Waals surface area (Å²) in [6.45, 7) is 1.01. The molecule has 0 amide bonds. The van der Waals surface area contributed by atoms with Crippen LogP contribution in [-0.2, 0) is 10.9 Å². The van der Waals surface area contributed by atoms with E-state index in [0.717, 1.165) is 18.2 Å². The number of alkyl halides is 3. The molecule has 1 aliphatic rings. The van der Waals surface area contributed by atoms with Crippen LogP contribution in [0, 0.1) is 11.7 Å². The van der Waals surface area contributed by atoms with Gasteiger partial charge in [-0.25, -0.2) is 4.39 Å². The molecule has 7 heteroatoms. The van der Waals surface area contributed by atoms with Crippen LogP contribution in [0.15, 0.2) is 18.2 Å². The highest BCUT2D eigenvalue weighted by Gasteiger charge is 2.33. The Morgan fingerprint density at radius 3 is 2.45 bits per heavy atom. The van der Waals surface area contributed by atoms with Gasteiger partial charge in [-0.1, -0.05) is 0 Å². The molecule has 1 aromatic rings. The minimum atomic E-state index is -4.50. The fourth-order valence-corrected chi connectivity index (χ4v) is 2.49. The largest absolute Gasteiger partial charge is 0.416 e. The minimum absolute atomic E-state index is 0.0470. The first-order chi connectivity index (χ1) is 9.43. The minimum Gasteiger partial charge on any atom is -0.381 e. The fraction of sp³-hybridized carbons (Fsp3) is 0.538. The lowest BCUT2D eigenvalue weighted by Crippen LogP contribution is -2.36. The van der Waals surface area contributed by atoms with Gasteiger partial charge in [0.1, 0.15) is 5.82 Å². The Balaban J connectivity index is 2.32. The zero-order valence-electron chi connectivity index (χ0n) is 10.7. The van der Waals surface area contributed by atoms with Crippen molar-refractivity contribution >= 4 is 0 Å². The van der Waals surface area contributed by atoms with E-state index < -0.39 is 23.6 Å². The summed E-state index contributed by atoms with van der Waals surface area (Å²) in [6, 6.07) is 1.74. The standard InChI is InChI=1S/C13H16F4N2O/c14-11-2-1-9(13(15,16)17)7-10(11)12(19-18)8-3-5-20-6-4-8/h1-2,7-8,12,19H,3-6,18H2. The third-order valence-corrected chi connectivity index (χ3v) is 3.58. The van der Waals surface area contributed by atoms with Crippen molar-refractivity contribution in [3.8, 4) is 0 Å². The van der Waals surface area contributed by atoms with E-state index in [0.29, 0.717) is 26.1 Å². The van der Waals surface area contributed by atoms with Gasteiger partial charge >= 0.3 is 6.18 Å². The molecule has 0 saturated carbocycles. The molecule has 0 radical (unpaired) electrons. The van der Waals surface area contributed by atoms with Gasteiger partial charge in [-0.05, 0) is 37.0 Å². The lowest BCUT2D eigenvalue weighted by Gasteiger charge is -2.30. The van der Waals surface area contributed by atoms with E-state index in [-0.39, 0.29) is 11.5 Å². The van der Waals surface area contributed by atoms with Crippen LogP contribution in [0.1, 0.15) is 30.0 Å². The number of rotatable bonds is 3. The van der Waals surface area contributed by atoms with Crippen molar-refractivity contribution in [1.29, 1.82) is 0 Å². The molecular weight excluding hydrogens is 276 g/mol. The first kappa shape index (κ1) is 15.2. The molecule has 1 aromatic carbocycles. The molecule has 0 bridgehead atoms. The molecular formula is C13H16F4N2O. The molecule has 0 spiro atoms. The third-order valence-electron chi connectivity index (χ3n) is 3.58. The van der Waals surface area contributed by atoms with Crippen molar-refractivity contribution in [2.45, 2.75) is 25.1 Å². The molecule has 20 heavy (non-hydrogen) atoms. The highest BCUT2D eigenvalue weighted by Crippen LogP contribution is 2.35. The molecule has 1 atom stereocenters. The van der Waals surface area contributed by atoms with Crippen molar-refractivity contribution < 1.29 is 22.3 Å². The lowest BCUT2D eigenvalue weighted by molar-refractivity contribution is -0.137. The van der Waals surface area contributed by atoms with E-state index >= 15 is 0 Å². The highest BCUT2D eigenvalue weighted by atomic mass is 19.4. The van der Waals surface area contributed by atoms with Gasteiger partial charge in [0.25, 0.3) is 0 Å². The SMILES string of the molecule is NNC(c1cc(C(F)(F)F)ccc1F)C1CCOCC1. The Labute approximate surface area is 114 Å². The Morgan fingerprint density at radius 1 is 1.25 bits per heavy atom. The van der Waals surface area contributed by atoms with Gasteiger partial charge in [0.05, 0.1) is 11.6 Å². The molecule has 1 unspecified atom stereocenters. The van der Waals surface area contributed by atoms with Crippen molar-refractivity contribution in [2.75, 3.05) is 13.2 Å². The molecule has 1 saturated heterocycles. The van der Waals surface area contributed by atoms with Crippen LogP contribution in [0.25, 0.3) is 0 Å². The number of nitrogens with two attached hydrogens (primary N) is 1. The number of hydrazine groups is 1. The third kappa shape index (κ3) is 3.28. The van der Waals surface area contributed by atoms with Gasteiger partial charge in [-0.15, -0.1) is 0 Å². The Morgan fingerprint density at radius 2 is 1.90 bits per heavy atom. The molecule has 2 rings (SSSR count). The predicted octanol–water partition coefficient (Wildman–Crippen LogP) is 2.78. The number of nitrogens with one attached hydrogen (secondary N) is 1. The maximum Gasteiger partial charge on any atom is 0.416 e. The summed E-state index contributed by atoms with van der Waals surface area (Å²) < 4.78 is 57.2. The van der Waals surface area contributed by atoms with Crippen LogP contribution in [-0.4, -0.2) is 13.2 Å². The van der Waals surface area contributed by atoms with Gasteiger partial charge in [0, 0.05) is 18.8 Å². The second-order valence-electron chi connectivity index (χ2n) is 4.83. The normalized spacial score (nSPS) is 19.1. The van der Waals surface area contributed by atoms with E-state index in [4.69, 9.17) is 10.6 Å². The molecule has 0 aromatic heterocycles. The number of benzene rings is 1. The highest BCUT2D eigenvalue weighted by molar-refractivity contribution is 5.30. The average Bonchev–Trinajstić information content (AvgIpc) is 2.41. The van der Waals surface area contributed by atoms with Gasteiger partial charge in [-0.2, -0.15) is 13.2 Å². The zero-order valence-corrected chi connectivity index (χ0v) is 10.7. The number of hydrogen-bond acceptors (Lipinski definition) is 3. The molecule has 3 N–H and O–H groups in total. The van der Waals surface area contributed by atoms with Crippen LogP contribution in [0.5, 0.6) is 0 Å². The van der Waals surface area contributed by atoms with Crippen molar-refractivity contribution in [2.24, 2.45) is 11.8 Å². The topological polar surface area (TPSA) is 47.3 Å². The zero-order chi connectivity index (χ0) is 14.8. The summed E-state index contributed by atoms with van der Waals surface area (Å²) in [4.78, 5) is 0. The summed E-state index contributed by atoms with van der Waals surface area (Å²) in [5, 5.41) is 0. The van der Waals surface area contributed by atoms with E-state index in [1.54, 1.807) is 0 Å². The summed E-state index contributed by atoms with van der Waals surface area (Å²) in [6.07, 6.45) is -3.24. The van der Waals surface area contributed by atoms with E-state index in [9.17, 15) is 17.6 Å². The van der Waals surface area contributed by atoms with Crippen molar-refractivity contribution in [3.05, 3.63) is 35.1 Å². The number of hydrogen-bond donors (Lipinski definition) is 2. The van der Waals surface area contributed by atoms with Crippen molar-refractivity contribution in [1.82, 2.24) is 5.43 Å². The Kier molecular flexibility index (Phi) is 4.62. The monoisotopic (exact) mass is 292 g/mol. The van der Waals surface area contributed by atoms with E-state index in [2.05, 4.69) is 5.43 Å². The van der Waals surface area contributed by atoms with Crippen LogP contribution >= 0.6 is 0 Å². The fourth-order valence-electron chi connectivity index (χ4n) is 2.49. The van der Waals surface area contributed by atoms with Crippen LogP contribution < -0.4 is 11.3 Å². The second-order valence-corrected chi connectivity index (χ2v) is 4.83. The maximum absolute atomic E-state index is 13.9. The van der Waals surface area contributed by atoms with Crippen LogP contribution in [0.3, 0.4) is 0 Å². The molecule has 1 heterocycles. The quantitative estimate of drug-likeness (QED) is 0.511. The Bertz CT molecular complexity index is 458. The summed E-state index contributed by atoms with van der Waals surface area (Å²) in [5.74, 6) is 4.69. The van der Waals surface area contributed by atoms with E-state index in [1.807, 2.05) is 0 Å². The number of halogens is 4. The van der Waals surface area contributed by atoms with Gasteiger partial charge in [0.2, 0.25) is 0 Å². The average molecular weight is 292 g/mol. The Hall–Kier alpha value is -1.18. The molecule has 0 aliphatic carbocycles. The first-order valence-electron chi connectivity index (χ1n) is 6.34. The molecule has 3 nitrogen and oxygen atoms in total. The second kappa shape index (κ2) is 6.07. The predicted molar refractivity (Wildman–Crippen MR) is 65.0 cm³/mol. The van der Waals surface area contributed by atoms with Gasteiger partial charge in [-0.3, -0.25) is 11.3 Å². The lowest BCUT2D eigenvalue weighted by atomic mass is 9.86. The maximum atomic E-state index is 13.9. The molecule has 1 fully saturated rings. The first-order valence-corrected chi connectivity index (χ1v) is 6.34. The smallest absolute Gasteiger partial charge is 0.381 e. The van der Waals surface area contributed by atoms with Crippen LogP contribution in [0.4, 0.5) is 17.6 Å². The summed E-state index contributed by atoms with van der Waals surface area (Å²) in [5.41, 5.74) is 1.52. The van der Waals surface area contributed by atoms with Gasteiger partial charge in [0.15, 0.2) is 0 Å². The van der Waals surface area contributed by atoms with Crippen LogP contribution in [0.2, 0.25) is 0 Å². The molecule has 1 aliphatic heterocycles. The van der Waals surface area contributed by atoms with Gasteiger partial charge < -0.3 is 4.74 Å². The van der Waals surface area contributed by atoms with Crippen molar-refractivity contribution in [3.63, 3.8) is 0 Å². The molecule has 112 valence electrons. The summed E-state index contributed by atoms with van der Waals surface area (Å²) >= 11 is 0. The number of ether oxygens (including phenoxy) is 1. The summed E-state index contributed by atoms with van der Waals surface area (Å²) in [7, 11) is 0.